The lowest BCUT2D eigenvalue weighted by Gasteiger charge is -2.43. The Morgan fingerprint density at radius 1 is 1.22 bits per heavy atom. The molecule has 2 fully saturated rings. The highest BCUT2D eigenvalue weighted by molar-refractivity contribution is 5.74. The lowest BCUT2D eigenvalue weighted by molar-refractivity contribution is -0.0580. The minimum atomic E-state index is -1.44. The first-order valence-electron chi connectivity index (χ1n) is 13.8. The molecule has 7 nitrogen and oxygen atoms in total. The summed E-state index contributed by atoms with van der Waals surface area (Å²) in [6.07, 6.45) is 10.5. The largest absolute Gasteiger partial charge is 0.505 e. The van der Waals surface area contributed by atoms with Gasteiger partial charge < -0.3 is 30.5 Å². The molecule has 1 aromatic rings. The highest BCUT2D eigenvalue weighted by Gasteiger charge is 2.43. The van der Waals surface area contributed by atoms with Crippen molar-refractivity contribution in [2.75, 3.05) is 40.4 Å². The number of halogens is 1. The van der Waals surface area contributed by atoms with Crippen LogP contribution in [0.2, 0.25) is 0 Å². The van der Waals surface area contributed by atoms with Gasteiger partial charge >= 0.3 is 6.03 Å². The number of nitrogens with zero attached hydrogens (tertiary/aromatic N) is 1. The smallest absolute Gasteiger partial charge is 0.317 e. The molecule has 3 rings (SSSR count). The number of unbranched alkanes of at least 4 members (excludes halogenated alkanes) is 1. The number of phenols is 1. The number of ether oxygens (including phenoxy) is 1. The molecule has 4 N–H and O–H groups in total. The van der Waals surface area contributed by atoms with Crippen molar-refractivity contribution in [3.8, 4) is 5.75 Å². The Kier molecular flexibility index (Phi) is 11.3. The zero-order chi connectivity index (χ0) is 26.0. The maximum Gasteiger partial charge on any atom is 0.317 e. The number of amides is 2. The zero-order valence-corrected chi connectivity index (χ0v) is 22.1. The van der Waals surface area contributed by atoms with E-state index in [2.05, 4.69) is 10.6 Å². The number of carbonyl (C=O) groups excluding carboxylic acids is 1. The van der Waals surface area contributed by atoms with E-state index in [1.807, 2.05) is 7.05 Å². The van der Waals surface area contributed by atoms with Crippen molar-refractivity contribution < 1.29 is 24.1 Å². The molecular weight excluding hydrogens is 461 g/mol. The van der Waals surface area contributed by atoms with Crippen LogP contribution in [-0.2, 0) is 10.3 Å². The van der Waals surface area contributed by atoms with Gasteiger partial charge in [0.25, 0.3) is 0 Å². The van der Waals surface area contributed by atoms with E-state index in [0.29, 0.717) is 44.9 Å². The molecule has 2 amide bonds. The molecule has 1 aliphatic carbocycles. The van der Waals surface area contributed by atoms with E-state index in [1.54, 1.807) is 18.1 Å². The van der Waals surface area contributed by atoms with Crippen molar-refractivity contribution in [1.29, 1.82) is 0 Å². The second-order valence-electron chi connectivity index (χ2n) is 10.7. The molecule has 0 bridgehead atoms. The summed E-state index contributed by atoms with van der Waals surface area (Å²) in [4.78, 5) is 15.1. The Morgan fingerprint density at radius 3 is 2.72 bits per heavy atom. The number of likely N-dealkylation sites (tertiary alicyclic amines) is 1. The molecule has 0 aromatic heterocycles. The fraction of sp³-hybridized carbons (Fsp3) is 0.750. The van der Waals surface area contributed by atoms with Crippen molar-refractivity contribution in [2.24, 2.45) is 11.8 Å². The van der Waals surface area contributed by atoms with Crippen LogP contribution in [0.25, 0.3) is 0 Å². The van der Waals surface area contributed by atoms with E-state index in [4.69, 9.17) is 4.74 Å². The van der Waals surface area contributed by atoms with Gasteiger partial charge in [-0.3, -0.25) is 0 Å². The van der Waals surface area contributed by atoms with E-state index >= 15 is 0 Å². The lowest BCUT2D eigenvalue weighted by atomic mass is 9.73. The maximum absolute atomic E-state index is 14.3. The average molecular weight is 508 g/mol. The van der Waals surface area contributed by atoms with Crippen LogP contribution in [-0.4, -0.2) is 67.6 Å². The summed E-state index contributed by atoms with van der Waals surface area (Å²) >= 11 is 0. The Labute approximate surface area is 215 Å². The van der Waals surface area contributed by atoms with Crippen LogP contribution in [0.4, 0.5) is 9.18 Å². The Morgan fingerprint density at radius 2 is 2.00 bits per heavy atom. The van der Waals surface area contributed by atoms with E-state index in [-0.39, 0.29) is 23.6 Å². The van der Waals surface area contributed by atoms with Crippen LogP contribution in [0.15, 0.2) is 18.2 Å². The Hall–Kier alpha value is -1.90. The van der Waals surface area contributed by atoms with Crippen molar-refractivity contribution in [2.45, 2.75) is 82.3 Å². The number of phenolic OH excluding ortho intramolecular Hbond substituents is 1. The molecule has 0 unspecified atom stereocenters. The molecule has 36 heavy (non-hydrogen) atoms. The predicted molar refractivity (Wildman–Crippen MR) is 139 cm³/mol. The molecule has 1 saturated carbocycles. The quantitative estimate of drug-likeness (QED) is 0.312. The number of benzene rings is 1. The topological polar surface area (TPSA) is 94.1 Å². The molecule has 3 atom stereocenters. The molecule has 8 heteroatoms. The number of para-hydroxylation sites is 1. The van der Waals surface area contributed by atoms with Crippen molar-refractivity contribution in [1.82, 2.24) is 15.5 Å². The minimum absolute atomic E-state index is 0.0613. The number of piperidine rings is 1. The summed E-state index contributed by atoms with van der Waals surface area (Å²) in [7, 11) is 3.55. The number of aromatic hydroxyl groups is 1. The molecule has 0 spiro atoms. The first-order valence-corrected chi connectivity index (χ1v) is 13.8. The standard InChI is InChI=1S/C28H46FN3O4/c1-30-19-23(18-21-10-4-3-5-11-21)31-27(34)32-16-9-12-22(20-32)28(35,15-6-7-17-36-2)24-13-8-14-25(29)26(24)33/h8,13-14,21-23,30,33,35H,3-7,9-12,15-20H2,1-2H3,(H,31,34)/t22-,23+,28+/m1/s1. The fourth-order valence-corrected chi connectivity index (χ4v) is 6.15. The summed E-state index contributed by atoms with van der Waals surface area (Å²) in [5, 5.41) is 28.9. The number of carbonyl (C=O) groups is 1. The van der Waals surface area contributed by atoms with Crippen LogP contribution >= 0.6 is 0 Å². The van der Waals surface area contributed by atoms with E-state index in [0.717, 1.165) is 25.8 Å². The van der Waals surface area contributed by atoms with Gasteiger partial charge in [-0.1, -0.05) is 44.2 Å². The molecule has 1 heterocycles. The number of hydrogen-bond donors (Lipinski definition) is 4. The molecule has 1 aliphatic heterocycles. The fourth-order valence-electron chi connectivity index (χ4n) is 6.15. The first kappa shape index (κ1) is 28.7. The first-order chi connectivity index (χ1) is 17.4. The number of likely N-dealkylation sites (N-methyl/N-ethyl adjacent to an activating group) is 1. The highest BCUT2D eigenvalue weighted by atomic mass is 19.1. The van der Waals surface area contributed by atoms with Crippen LogP contribution in [0.1, 0.15) is 76.2 Å². The summed E-state index contributed by atoms with van der Waals surface area (Å²) < 4.78 is 19.4. The van der Waals surface area contributed by atoms with Gasteiger partial charge in [-0.05, 0) is 57.6 Å². The molecular formula is C28H46FN3O4. The normalized spacial score (nSPS) is 21.7. The van der Waals surface area contributed by atoms with Crippen molar-refractivity contribution in [3.63, 3.8) is 0 Å². The third-order valence-electron chi connectivity index (χ3n) is 8.11. The third kappa shape index (κ3) is 7.56. The second-order valence-corrected chi connectivity index (χ2v) is 10.7. The van der Waals surface area contributed by atoms with Gasteiger partial charge in [-0.2, -0.15) is 0 Å². The van der Waals surface area contributed by atoms with Crippen LogP contribution in [0.3, 0.4) is 0 Å². The molecule has 1 aromatic carbocycles. The third-order valence-corrected chi connectivity index (χ3v) is 8.11. The second kappa shape index (κ2) is 14.1. The van der Waals surface area contributed by atoms with Gasteiger partial charge in [0.2, 0.25) is 0 Å². The number of nitrogens with one attached hydrogen (secondary N) is 2. The molecule has 0 radical (unpaired) electrons. The molecule has 1 saturated heterocycles. The minimum Gasteiger partial charge on any atom is -0.505 e. The average Bonchev–Trinajstić information content (AvgIpc) is 2.89. The number of hydrogen-bond acceptors (Lipinski definition) is 5. The summed E-state index contributed by atoms with van der Waals surface area (Å²) in [5.41, 5.74) is -1.23. The monoisotopic (exact) mass is 507 g/mol. The maximum atomic E-state index is 14.3. The lowest BCUT2D eigenvalue weighted by Crippen LogP contribution is -2.54. The summed E-state index contributed by atoms with van der Waals surface area (Å²) in [6.45, 7) is 2.27. The van der Waals surface area contributed by atoms with Gasteiger partial charge in [0.1, 0.15) is 0 Å². The van der Waals surface area contributed by atoms with E-state index < -0.39 is 17.2 Å². The van der Waals surface area contributed by atoms with E-state index in [1.165, 1.54) is 44.2 Å². The SMILES string of the molecule is CNC[C@H](CC1CCCCC1)NC(=O)N1CCC[C@@H]([C@@](O)(CCCCOC)c2cccc(F)c2O)C1. The number of aliphatic hydroxyl groups is 1. The van der Waals surface area contributed by atoms with Gasteiger partial charge in [0.15, 0.2) is 11.6 Å². The number of urea groups is 1. The van der Waals surface area contributed by atoms with Gasteiger partial charge in [0, 0.05) is 50.9 Å². The summed E-state index contributed by atoms with van der Waals surface area (Å²) in [6, 6.07) is 4.26. The predicted octanol–water partition coefficient (Wildman–Crippen LogP) is 4.52. The van der Waals surface area contributed by atoms with Crippen LogP contribution in [0, 0.1) is 17.7 Å². The molecule has 2 aliphatic rings. The van der Waals surface area contributed by atoms with E-state index in [9.17, 15) is 19.4 Å². The number of rotatable bonds is 12. The Bertz CT molecular complexity index is 820. The van der Waals surface area contributed by atoms with Gasteiger partial charge in [0.05, 0.1) is 5.60 Å². The van der Waals surface area contributed by atoms with Gasteiger partial charge in [-0.25, -0.2) is 9.18 Å². The highest BCUT2D eigenvalue weighted by Crippen LogP contribution is 2.43. The van der Waals surface area contributed by atoms with Crippen molar-refractivity contribution in [3.05, 3.63) is 29.6 Å². The number of methoxy groups -OCH3 is 1. The van der Waals surface area contributed by atoms with Crippen LogP contribution in [0.5, 0.6) is 5.75 Å². The zero-order valence-electron chi connectivity index (χ0n) is 22.1. The van der Waals surface area contributed by atoms with Gasteiger partial charge in [-0.15, -0.1) is 0 Å². The molecule has 204 valence electrons. The Balaban J connectivity index is 1.72. The van der Waals surface area contributed by atoms with Crippen LogP contribution < -0.4 is 10.6 Å². The summed E-state index contributed by atoms with van der Waals surface area (Å²) in [5.74, 6) is -0.909. The van der Waals surface area contributed by atoms with Crippen molar-refractivity contribution >= 4 is 6.03 Å².